The summed E-state index contributed by atoms with van der Waals surface area (Å²) in [5, 5.41) is 8.58. The van der Waals surface area contributed by atoms with Crippen LogP contribution in [0, 0.1) is 0 Å². The molecule has 128 valence electrons. The van der Waals surface area contributed by atoms with Crippen molar-refractivity contribution in [3.05, 3.63) is 11.6 Å². The molecule has 2 heterocycles. The smallest absolute Gasteiger partial charge is 0.236 e. The van der Waals surface area contributed by atoms with Gasteiger partial charge in [-0.05, 0) is 33.7 Å². The predicted molar refractivity (Wildman–Crippen MR) is 85.9 cm³/mol. The van der Waals surface area contributed by atoms with Crippen LogP contribution in [0.25, 0.3) is 0 Å². The molecule has 0 radical (unpaired) electrons. The lowest BCUT2D eigenvalue weighted by Crippen LogP contribution is -2.50. The Balaban J connectivity index is 1.54. The summed E-state index contributed by atoms with van der Waals surface area (Å²) in [5.41, 5.74) is 0. The molecular weight excluding hydrogens is 294 g/mol. The molecule has 1 saturated heterocycles. The molecule has 1 aromatic heterocycles. The fourth-order valence-corrected chi connectivity index (χ4v) is 3.22. The van der Waals surface area contributed by atoms with Gasteiger partial charge in [-0.15, -0.1) is 10.2 Å². The number of carbonyl (C=O) groups is 1. The van der Waals surface area contributed by atoms with E-state index in [0.29, 0.717) is 32.1 Å². The molecule has 1 amide bonds. The van der Waals surface area contributed by atoms with Crippen molar-refractivity contribution in [2.24, 2.45) is 7.05 Å². The number of likely N-dealkylation sites (N-methyl/N-ethyl adjacent to an activating group) is 1. The van der Waals surface area contributed by atoms with Crippen molar-refractivity contribution in [1.82, 2.24) is 24.6 Å². The third-order valence-electron chi connectivity index (χ3n) is 4.53. The molecule has 2 aliphatic rings. The Morgan fingerprint density at radius 1 is 1.26 bits per heavy atom. The summed E-state index contributed by atoms with van der Waals surface area (Å²) >= 11 is 0. The van der Waals surface area contributed by atoms with Gasteiger partial charge < -0.3 is 14.2 Å². The molecule has 1 aliphatic heterocycles. The topological polar surface area (TPSA) is 63.5 Å². The fourth-order valence-electron chi connectivity index (χ4n) is 3.22. The van der Waals surface area contributed by atoms with Gasteiger partial charge in [-0.3, -0.25) is 9.69 Å². The quantitative estimate of drug-likeness (QED) is 0.801. The highest BCUT2D eigenvalue weighted by Gasteiger charge is 2.30. The Morgan fingerprint density at radius 2 is 1.91 bits per heavy atom. The van der Waals surface area contributed by atoms with Crippen LogP contribution in [0.4, 0.5) is 0 Å². The van der Waals surface area contributed by atoms with Crippen LogP contribution in [0.5, 0.6) is 0 Å². The Labute approximate surface area is 137 Å². The van der Waals surface area contributed by atoms with Crippen molar-refractivity contribution in [2.75, 3.05) is 26.7 Å². The van der Waals surface area contributed by atoms with Crippen molar-refractivity contribution >= 4 is 5.91 Å². The molecule has 2 fully saturated rings. The number of hydrogen-bond donors (Lipinski definition) is 0. The fraction of sp³-hybridized carbons (Fsp3) is 0.812. The zero-order chi connectivity index (χ0) is 16.6. The van der Waals surface area contributed by atoms with Gasteiger partial charge in [0.1, 0.15) is 11.6 Å². The van der Waals surface area contributed by atoms with Crippen LogP contribution in [-0.2, 0) is 23.1 Å². The number of ether oxygens (including phenoxy) is 1. The van der Waals surface area contributed by atoms with Gasteiger partial charge in [-0.1, -0.05) is 0 Å². The summed E-state index contributed by atoms with van der Waals surface area (Å²) in [6.07, 6.45) is 2.64. The number of hydrogen-bond acceptors (Lipinski definition) is 5. The van der Waals surface area contributed by atoms with Crippen LogP contribution in [-0.4, -0.2) is 69.4 Å². The zero-order valence-corrected chi connectivity index (χ0v) is 14.5. The van der Waals surface area contributed by atoms with E-state index in [1.807, 2.05) is 37.7 Å². The predicted octanol–water partition coefficient (Wildman–Crippen LogP) is 0.760. The summed E-state index contributed by atoms with van der Waals surface area (Å²) in [7, 11) is 3.97. The molecule has 0 bridgehead atoms. The molecule has 3 rings (SSSR count). The maximum atomic E-state index is 12.5. The lowest BCUT2D eigenvalue weighted by atomic mass is 10.2. The Hall–Kier alpha value is -1.47. The van der Waals surface area contributed by atoms with Crippen molar-refractivity contribution in [1.29, 1.82) is 0 Å². The van der Waals surface area contributed by atoms with Gasteiger partial charge in [0.2, 0.25) is 5.91 Å². The van der Waals surface area contributed by atoms with E-state index in [0.717, 1.165) is 11.6 Å². The minimum atomic E-state index is 0.104. The molecule has 1 saturated carbocycles. The maximum Gasteiger partial charge on any atom is 0.236 e. The molecule has 2 atom stereocenters. The Morgan fingerprint density at radius 3 is 2.52 bits per heavy atom. The molecule has 0 N–H and O–H groups in total. The molecule has 7 heteroatoms. The highest BCUT2D eigenvalue weighted by Crippen LogP contribution is 2.38. The van der Waals surface area contributed by atoms with Crippen molar-refractivity contribution in [3.63, 3.8) is 0 Å². The molecule has 0 aromatic carbocycles. The summed E-state index contributed by atoms with van der Waals surface area (Å²) in [6, 6.07) is 0. The van der Waals surface area contributed by atoms with Gasteiger partial charge >= 0.3 is 0 Å². The van der Waals surface area contributed by atoms with Crippen molar-refractivity contribution in [3.8, 4) is 0 Å². The maximum absolute atomic E-state index is 12.5. The van der Waals surface area contributed by atoms with Crippen LogP contribution in [0.3, 0.4) is 0 Å². The van der Waals surface area contributed by atoms with Gasteiger partial charge in [0.25, 0.3) is 0 Å². The van der Waals surface area contributed by atoms with Gasteiger partial charge in [0.05, 0.1) is 25.3 Å². The first-order valence-electron chi connectivity index (χ1n) is 8.44. The van der Waals surface area contributed by atoms with E-state index in [2.05, 4.69) is 14.8 Å². The largest absolute Gasteiger partial charge is 0.372 e. The summed E-state index contributed by atoms with van der Waals surface area (Å²) in [5.74, 6) is 2.74. The van der Waals surface area contributed by atoms with E-state index < -0.39 is 0 Å². The van der Waals surface area contributed by atoms with Gasteiger partial charge in [-0.2, -0.15) is 0 Å². The van der Waals surface area contributed by atoms with Crippen LogP contribution < -0.4 is 0 Å². The van der Waals surface area contributed by atoms with Gasteiger partial charge in [-0.25, -0.2) is 0 Å². The Kier molecular flexibility index (Phi) is 4.68. The third-order valence-corrected chi connectivity index (χ3v) is 4.53. The van der Waals surface area contributed by atoms with Crippen LogP contribution in [0.1, 0.15) is 44.3 Å². The first kappa shape index (κ1) is 16.4. The minimum Gasteiger partial charge on any atom is -0.372 e. The molecular formula is C16H27N5O2. The first-order chi connectivity index (χ1) is 10.9. The summed E-state index contributed by atoms with van der Waals surface area (Å²) < 4.78 is 7.77. The molecule has 23 heavy (non-hydrogen) atoms. The third kappa shape index (κ3) is 3.90. The number of nitrogens with zero attached hydrogens (tertiary/aromatic N) is 5. The average molecular weight is 321 g/mol. The molecule has 1 aliphatic carbocycles. The molecule has 0 spiro atoms. The van der Waals surface area contributed by atoms with Crippen molar-refractivity contribution < 1.29 is 9.53 Å². The van der Waals surface area contributed by atoms with E-state index in [1.165, 1.54) is 12.8 Å². The SMILES string of the molecule is CC1CN(C(=O)CN(C)Cc2nnc(C3CC3)n2C)CC(C)O1. The molecule has 7 nitrogen and oxygen atoms in total. The van der Waals surface area contributed by atoms with Gasteiger partial charge in [0.15, 0.2) is 0 Å². The molecule has 2 unspecified atom stereocenters. The number of morpholine rings is 1. The second kappa shape index (κ2) is 6.57. The average Bonchev–Trinajstić information content (AvgIpc) is 3.24. The number of rotatable bonds is 5. The highest BCUT2D eigenvalue weighted by atomic mass is 16.5. The normalized spacial score (nSPS) is 25.2. The molecule has 1 aromatic rings. The second-order valence-corrected chi connectivity index (χ2v) is 7.04. The standard InChI is InChI=1S/C16H27N5O2/c1-11-7-21(8-12(2)23-11)15(22)10-19(3)9-14-17-18-16(20(14)4)13-5-6-13/h11-13H,5-10H2,1-4H3. The number of amides is 1. The zero-order valence-electron chi connectivity index (χ0n) is 14.5. The summed E-state index contributed by atoms with van der Waals surface area (Å²) in [4.78, 5) is 16.4. The van der Waals surface area contributed by atoms with E-state index in [1.54, 1.807) is 0 Å². The van der Waals surface area contributed by atoms with E-state index >= 15 is 0 Å². The minimum absolute atomic E-state index is 0.104. The Bertz CT molecular complexity index is 559. The van der Waals surface area contributed by atoms with Crippen molar-refractivity contribution in [2.45, 2.75) is 51.4 Å². The first-order valence-corrected chi connectivity index (χ1v) is 8.44. The van der Waals surface area contributed by atoms with E-state index in [9.17, 15) is 4.79 Å². The second-order valence-electron chi connectivity index (χ2n) is 7.04. The van der Waals surface area contributed by atoms with Crippen LogP contribution in [0.15, 0.2) is 0 Å². The van der Waals surface area contributed by atoms with Gasteiger partial charge in [0, 0.05) is 26.1 Å². The summed E-state index contributed by atoms with van der Waals surface area (Å²) in [6.45, 7) is 6.40. The lowest BCUT2D eigenvalue weighted by Gasteiger charge is -2.36. The highest BCUT2D eigenvalue weighted by molar-refractivity contribution is 5.78. The number of aromatic nitrogens is 3. The van der Waals surface area contributed by atoms with E-state index in [4.69, 9.17) is 4.74 Å². The van der Waals surface area contributed by atoms with Crippen LogP contribution >= 0.6 is 0 Å². The van der Waals surface area contributed by atoms with Crippen LogP contribution in [0.2, 0.25) is 0 Å². The number of carbonyl (C=O) groups excluding carboxylic acids is 1. The lowest BCUT2D eigenvalue weighted by molar-refractivity contribution is -0.144. The monoisotopic (exact) mass is 321 g/mol. The van der Waals surface area contributed by atoms with E-state index in [-0.39, 0.29) is 18.1 Å².